The highest BCUT2D eigenvalue weighted by Crippen LogP contribution is 2.32. The van der Waals surface area contributed by atoms with Crippen LogP contribution < -0.4 is 16.4 Å². The third-order valence-electron chi connectivity index (χ3n) is 3.57. The number of anilines is 2. The smallest absolute Gasteiger partial charge is 0.250 e. The summed E-state index contributed by atoms with van der Waals surface area (Å²) in [6, 6.07) is 6.99. The highest BCUT2D eigenvalue weighted by Gasteiger charge is 2.34. The van der Waals surface area contributed by atoms with E-state index in [9.17, 15) is 9.59 Å². The van der Waals surface area contributed by atoms with E-state index in [0.29, 0.717) is 17.8 Å². The van der Waals surface area contributed by atoms with Gasteiger partial charge in [0.2, 0.25) is 11.8 Å². The minimum absolute atomic E-state index is 0.00766. The number of benzene rings is 1. The number of nitrogens with two attached hydrogens (primary N) is 1. The van der Waals surface area contributed by atoms with Gasteiger partial charge in [-0.3, -0.25) is 9.59 Å². The molecule has 1 aromatic carbocycles. The first-order chi connectivity index (χ1) is 10.0. The van der Waals surface area contributed by atoms with Gasteiger partial charge in [-0.15, -0.1) is 0 Å². The molecule has 4 N–H and O–H groups in total. The molecule has 1 aromatic rings. The van der Waals surface area contributed by atoms with Gasteiger partial charge in [-0.2, -0.15) is 0 Å². The number of hydrogen-bond acceptors (Lipinski definition) is 4. The molecule has 2 rings (SSSR count). The standard InChI is InChI=1S/C15H21N3O3/c1-21-10-14(20)18-12-5-2-4-11(8-12)17-13(19)9-15(16)6-3-7-15/h2,4-5,8H,3,6-7,9-10,16H2,1H3,(H,17,19)(H,18,20). The molecule has 1 aliphatic rings. The Labute approximate surface area is 124 Å². The summed E-state index contributed by atoms with van der Waals surface area (Å²) in [6.07, 6.45) is 3.21. The van der Waals surface area contributed by atoms with E-state index in [4.69, 9.17) is 10.5 Å². The van der Waals surface area contributed by atoms with Crippen LogP contribution in [0.5, 0.6) is 0 Å². The second-order valence-electron chi connectivity index (χ2n) is 5.50. The van der Waals surface area contributed by atoms with Crippen molar-refractivity contribution >= 4 is 23.2 Å². The monoisotopic (exact) mass is 291 g/mol. The molecule has 0 atom stereocenters. The first-order valence-corrected chi connectivity index (χ1v) is 6.98. The van der Waals surface area contributed by atoms with Crippen molar-refractivity contribution in [3.05, 3.63) is 24.3 Å². The topological polar surface area (TPSA) is 93.5 Å². The van der Waals surface area contributed by atoms with Crippen LogP contribution in [0.25, 0.3) is 0 Å². The van der Waals surface area contributed by atoms with Crippen molar-refractivity contribution in [1.82, 2.24) is 0 Å². The molecule has 0 aromatic heterocycles. The zero-order valence-corrected chi connectivity index (χ0v) is 12.1. The highest BCUT2D eigenvalue weighted by molar-refractivity contribution is 5.94. The largest absolute Gasteiger partial charge is 0.375 e. The Hall–Kier alpha value is -1.92. The first-order valence-electron chi connectivity index (χ1n) is 6.98. The van der Waals surface area contributed by atoms with Crippen LogP contribution in [0.15, 0.2) is 24.3 Å². The molecule has 0 heterocycles. The molecule has 2 amide bonds. The Bertz CT molecular complexity index is 527. The maximum absolute atomic E-state index is 12.0. The fourth-order valence-corrected chi connectivity index (χ4v) is 2.34. The van der Waals surface area contributed by atoms with E-state index >= 15 is 0 Å². The number of methoxy groups -OCH3 is 1. The van der Waals surface area contributed by atoms with Gasteiger partial charge in [0, 0.05) is 30.4 Å². The Kier molecular flexibility index (Phi) is 4.93. The molecule has 1 saturated carbocycles. The van der Waals surface area contributed by atoms with Gasteiger partial charge in [0.15, 0.2) is 0 Å². The Balaban J connectivity index is 1.91. The SMILES string of the molecule is COCC(=O)Nc1cccc(NC(=O)CC2(N)CCC2)c1. The first kappa shape index (κ1) is 15.5. The van der Waals surface area contributed by atoms with E-state index in [0.717, 1.165) is 19.3 Å². The summed E-state index contributed by atoms with van der Waals surface area (Å²) in [5.74, 6) is -0.339. The molecule has 1 fully saturated rings. The van der Waals surface area contributed by atoms with Crippen molar-refractivity contribution in [3.63, 3.8) is 0 Å². The highest BCUT2D eigenvalue weighted by atomic mass is 16.5. The molecule has 0 aliphatic heterocycles. The second-order valence-corrected chi connectivity index (χ2v) is 5.50. The Morgan fingerprint density at radius 3 is 2.38 bits per heavy atom. The summed E-state index contributed by atoms with van der Waals surface area (Å²) in [4.78, 5) is 23.4. The van der Waals surface area contributed by atoms with Crippen LogP contribution in [-0.4, -0.2) is 31.1 Å². The number of rotatable bonds is 6. The van der Waals surface area contributed by atoms with Crippen molar-refractivity contribution in [2.75, 3.05) is 24.4 Å². The molecule has 1 aliphatic carbocycles. The molecule has 0 saturated heterocycles. The lowest BCUT2D eigenvalue weighted by molar-refractivity contribution is -0.119. The molecule has 6 heteroatoms. The third-order valence-corrected chi connectivity index (χ3v) is 3.57. The number of nitrogens with one attached hydrogen (secondary N) is 2. The van der Waals surface area contributed by atoms with E-state index in [1.54, 1.807) is 24.3 Å². The van der Waals surface area contributed by atoms with Crippen molar-refractivity contribution in [3.8, 4) is 0 Å². The van der Waals surface area contributed by atoms with Crippen LogP contribution in [0.2, 0.25) is 0 Å². The number of hydrogen-bond donors (Lipinski definition) is 3. The lowest BCUT2D eigenvalue weighted by Gasteiger charge is -2.37. The van der Waals surface area contributed by atoms with Gasteiger partial charge in [-0.05, 0) is 37.5 Å². The molecular formula is C15H21N3O3. The van der Waals surface area contributed by atoms with E-state index in [-0.39, 0.29) is 24.0 Å². The predicted octanol–water partition coefficient (Wildman–Crippen LogP) is 1.48. The summed E-state index contributed by atoms with van der Waals surface area (Å²) < 4.78 is 4.75. The van der Waals surface area contributed by atoms with Gasteiger partial charge < -0.3 is 21.1 Å². The van der Waals surface area contributed by atoms with E-state index in [2.05, 4.69) is 10.6 Å². The van der Waals surface area contributed by atoms with E-state index in [1.165, 1.54) is 7.11 Å². The molecule has 0 unspecified atom stereocenters. The van der Waals surface area contributed by atoms with Gasteiger partial charge in [-0.1, -0.05) is 6.07 Å². The Morgan fingerprint density at radius 2 is 1.86 bits per heavy atom. The maximum Gasteiger partial charge on any atom is 0.250 e. The second kappa shape index (κ2) is 6.69. The van der Waals surface area contributed by atoms with Gasteiger partial charge in [-0.25, -0.2) is 0 Å². The minimum atomic E-state index is -0.339. The number of carbonyl (C=O) groups excluding carboxylic acids is 2. The summed E-state index contributed by atoms with van der Waals surface area (Å²) >= 11 is 0. The fourth-order valence-electron chi connectivity index (χ4n) is 2.34. The average molecular weight is 291 g/mol. The molecule has 21 heavy (non-hydrogen) atoms. The van der Waals surface area contributed by atoms with Gasteiger partial charge in [0.25, 0.3) is 0 Å². The van der Waals surface area contributed by atoms with Crippen LogP contribution in [-0.2, 0) is 14.3 Å². The van der Waals surface area contributed by atoms with Gasteiger partial charge in [0.05, 0.1) is 0 Å². The van der Waals surface area contributed by atoms with Gasteiger partial charge >= 0.3 is 0 Å². The maximum atomic E-state index is 12.0. The fraction of sp³-hybridized carbons (Fsp3) is 0.467. The third kappa shape index (κ3) is 4.54. The summed E-state index contributed by atoms with van der Waals surface area (Å²) in [5.41, 5.74) is 6.97. The quantitative estimate of drug-likeness (QED) is 0.740. The van der Waals surface area contributed by atoms with Crippen molar-refractivity contribution in [2.24, 2.45) is 5.73 Å². The van der Waals surface area contributed by atoms with E-state index < -0.39 is 0 Å². The van der Waals surface area contributed by atoms with Crippen LogP contribution in [0, 0.1) is 0 Å². The van der Waals surface area contributed by atoms with Gasteiger partial charge in [0.1, 0.15) is 6.61 Å². The van der Waals surface area contributed by atoms with Crippen molar-refractivity contribution in [2.45, 2.75) is 31.2 Å². The minimum Gasteiger partial charge on any atom is -0.375 e. The molecule has 0 radical (unpaired) electrons. The molecule has 0 spiro atoms. The number of carbonyl (C=O) groups is 2. The zero-order valence-electron chi connectivity index (χ0n) is 12.1. The Morgan fingerprint density at radius 1 is 1.24 bits per heavy atom. The van der Waals surface area contributed by atoms with Crippen LogP contribution >= 0.6 is 0 Å². The normalized spacial score (nSPS) is 15.9. The van der Waals surface area contributed by atoms with E-state index in [1.807, 2.05) is 0 Å². The number of ether oxygens (including phenoxy) is 1. The number of amides is 2. The molecule has 114 valence electrons. The summed E-state index contributed by atoms with van der Waals surface area (Å²) in [5, 5.41) is 5.50. The zero-order chi connectivity index (χ0) is 15.3. The summed E-state index contributed by atoms with van der Waals surface area (Å²) in [7, 11) is 1.46. The molecule has 0 bridgehead atoms. The van der Waals surface area contributed by atoms with Crippen molar-refractivity contribution < 1.29 is 14.3 Å². The van der Waals surface area contributed by atoms with Crippen LogP contribution in [0.3, 0.4) is 0 Å². The van der Waals surface area contributed by atoms with Crippen LogP contribution in [0.4, 0.5) is 11.4 Å². The molecule has 6 nitrogen and oxygen atoms in total. The molecular weight excluding hydrogens is 270 g/mol. The average Bonchev–Trinajstić information content (AvgIpc) is 2.37. The predicted molar refractivity (Wildman–Crippen MR) is 81.0 cm³/mol. The lowest BCUT2D eigenvalue weighted by atomic mass is 9.75. The lowest BCUT2D eigenvalue weighted by Crippen LogP contribution is -2.48. The van der Waals surface area contributed by atoms with Crippen LogP contribution in [0.1, 0.15) is 25.7 Å². The summed E-state index contributed by atoms with van der Waals surface area (Å²) in [6.45, 7) is -0.00766. The van der Waals surface area contributed by atoms with Crippen molar-refractivity contribution in [1.29, 1.82) is 0 Å².